The Morgan fingerprint density at radius 3 is 2.22 bits per heavy atom. The van der Waals surface area contributed by atoms with Gasteiger partial charge in [0.15, 0.2) is 0 Å². The average Bonchev–Trinajstić information content (AvgIpc) is 3.15. The van der Waals surface area contributed by atoms with Crippen LogP contribution in [0.25, 0.3) is 0 Å². The van der Waals surface area contributed by atoms with Gasteiger partial charge in [-0.3, -0.25) is 9.59 Å². The molecule has 0 aromatic heterocycles. The molecule has 5 heteroatoms. The van der Waals surface area contributed by atoms with E-state index in [1.165, 1.54) is 36.8 Å². The Balaban J connectivity index is 1.29. The third-order valence-corrected chi connectivity index (χ3v) is 7.31. The highest BCUT2D eigenvalue weighted by molar-refractivity contribution is 5.89. The van der Waals surface area contributed by atoms with Gasteiger partial charge in [-0.2, -0.15) is 0 Å². The van der Waals surface area contributed by atoms with Gasteiger partial charge in [-0.25, -0.2) is 0 Å². The minimum Gasteiger partial charge on any atom is -0.369 e. The van der Waals surface area contributed by atoms with Gasteiger partial charge in [-0.15, -0.1) is 0 Å². The molecule has 1 saturated heterocycles. The van der Waals surface area contributed by atoms with E-state index in [0.717, 1.165) is 17.8 Å². The number of amides is 2. The normalized spacial score (nSPS) is 23.0. The molecule has 1 heterocycles. The second kappa shape index (κ2) is 9.35. The summed E-state index contributed by atoms with van der Waals surface area (Å²) in [5, 5.41) is 6.36. The third kappa shape index (κ3) is 5.50. The molecule has 2 unspecified atom stereocenters. The smallest absolute Gasteiger partial charge is 0.223 e. The van der Waals surface area contributed by atoms with Gasteiger partial charge in [0.1, 0.15) is 0 Å². The molecular formula is C27H35N3O2. The fraction of sp³-hybridized carbons (Fsp3) is 0.481. The summed E-state index contributed by atoms with van der Waals surface area (Å²) in [5.41, 5.74) is 10.7. The van der Waals surface area contributed by atoms with E-state index in [0.29, 0.717) is 17.8 Å². The van der Waals surface area contributed by atoms with E-state index in [1.54, 1.807) is 0 Å². The van der Waals surface area contributed by atoms with Crippen LogP contribution in [-0.4, -0.2) is 17.9 Å². The molecule has 2 aromatic rings. The quantitative estimate of drug-likeness (QED) is 0.572. The number of carbonyl (C=O) groups excluding carboxylic acids is 2. The number of benzene rings is 2. The zero-order chi connectivity index (χ0) is 22.7. The van der Waals surface area contributed by atoms with Crippen LogP contribution < -0.4 is 16.4 Å². The SMILES string of the molecule is CC1(C)CCC(c2ccc(Nc3ccc(CCC4NC(=O)CC4C(N)=O)cc3)cc2)CC1. The first-order valence-corrected chi connectivity index (χ1v) is 11.8. The van der Waals surface area contributed by atoms with Gasteiger partial charge in [-0.1, -0.05) is 38.1 Å². The highest BCUT2D eigenvalue weighted by Crippen LogP contribution is 2.42. The van der Waals surface area contributed by atoms with E-state index in [1.807, 2.05) is 0 Å². The summed E-state index contributed by atoms with van der Waals surface area (Å²) in [6.07, 6.45) is 6.90. The second-order valence-corrected chi connectivity index (χ2v) is 10.3. The third-order valence-electron chi connectivity index (χ3n) is 7.31. The molecule has 32 heavy (non-hydrogen) atoms. The summed E-state index contributed by atoms with van der Waals surface area (Å²) in [4.78, 5) is 23.2. The fourth-order valence-corrected chi connectivity index (χ4v) is 5.10. The molecule has 2 atom stereocenters. The highest BCUT2D eigenvalue weighted by atomic mass is 16.2. The molecule has 4 rings (SSSR count). The van der Waals surface area contributed by atoms with E-state index in [-0.39, 0.29) is 18.4 Å². The molecule has 2 amide bonds. The molecule has 0 bridgehead atoms. The number of nitrogens with two attached hydrogens (primary N) is 1. The predicted molar refractivity (Wildman–Crippen MR) is 129 cm³/mol. The molecule has 170 valence electrons. The first-order chi connectivity index (χ1) is 15.3. The van der Waals surface area contributed by atoms with Crippen molar-refractivity contribution in [1.82, 2.24) is 5.32 Å². The topological polar surface area (TPSA) is 84.2 Å². The monoisotopic (exact) mass is 433 g/mol. The lowest BCUT2D eigenvalue weighted by molar-refractivity contribution is -0.124. The maximum atomic E-state index is 11.6. The molecule has 2 fully saturated rings. The van der Waals surface area contributed by atoms with Gasteiger partial charge in [0.2, 0.25) is 11.8 Å². The molecule has 5 nitrogen and oxygen atoms in total. The van der Waals surface area contributed by atoms with Crippen LogP contribution in [0.15, 0.2) is 48.5 Å². The van der Waals surface area contributed by atoms with Crippen LogP contribution >= 0.6 is 0 Å². The first kappa shape index (κ1) is 22.4. The van der Waals surface area contributed by atoms with E-state index in [2.05, 4.69) is 73.0 Å². The lowest BCUT2D eigenvalue weighted by atomic mass is 9.71. The molecule has 0 radical (unpaired) electrons. The van der Waals surface area contributed by atoms with Crippen LogP contribution in [0.3, 0.4) is 0 Å². The Hall–Kier alpha value is -2.82. The first-order valence-electron chi connectivity index (χ1n) is 11.8. The number of hydrogen-bond acceptors (Lipinski definition) is 3. The largest absolute Gasteiger partial charge is 0.369 e. The van der Waals surface area contributed by atoms with Crippen molar-refractivity contribution in [2.24, 2.45) is 17.1 Å². The van der Waals surface area contributed by atoms with E-state index in [9.17, 15) is 9.59 Å². The minimum atomic E-state index is -0.397. The number of nitrogens with one attached hydrogen (secondary N) is 2. The fourth-order valence-electron chi connectivity index (χ4n) is 5.10. The summed E-state index contributed by atoms with van der Waals surface area (Å²) in [6, 6.07) is 17.1. The lowest BCUT2D eigenvalue weighted by Crippen LogP contribution is -2.35. The number of aryl methyl sites for hydroxylation is 1. The number of anilines is 2. The summed E-state index contributed by atoms with van der Waals surface area (Å²) in [5.74, 6) is -0.190. The van der Waals surface area contributed by atoms with Crippen LogP contribution in [0, 0.1) is 11.3 Å². The van der Waals surface area contributed by atoms with Crippen molar-refractivity contribution >= 4 is 23.2 Å². The van der Waals surface area contributed by atoms with Gasteiger partial charge in [0, 0.05) is 23.8 Å². The Morgan fingerprint density at radius 2 is 1.62 bits per heavy atom. The zero-order valence-electron chi connectivity index (χ0n) is 19.2. The van der Waals surface area contributed by atoms with Gasteiger partial charge in [-0.05, 0) is 85.3 Å². The van der Waals surface area contributed by atoms with Crippen LogP contribution in [0.2, 0.25) is 0 Å². The number of rotatable bonds is 7. The van der Waals surface area contributed by atoms with E-state index in [4.69, 9.17) is 5.73 Å². The van der Waals surface area contributed by atoms with Crippen LogP contribution in [0.4, 0.5) is 11.4 Å². The average molecular weight is 434 g/mol. The minimum absolute atomic E-state index is 0.0864. The Kier molecular flexibility index (Phi) is 6.54. The summed E-state index contributed by atoms with van der Waals surface area (Å²) in [6.45, 7) is 4.76. The van der Waals surface area contributed by atoms with Crippen molar-refractivity contribution in [3.8, 4) is 0 Å². The summed E-state index contributed by atoms with van der Waals surface area (Å²) in [7, 11) is 0. The van der Waals surface area contributed by atoms with Crippen molar-refractivity contribution in [3.05, 3.63) is 59.7 Å². The van der Waals surface area contributed by atoms with Crippen LogP contribution in [-0.2, 0) is 16.0 Å². The maximum absolute atomic E-state index is 11.6. The zero-order valence-corrected chi connectivity index (χ0v) is 19.2. The molecule has 1 aliphatic carbocycles. The second-order valence-electron chi connectivity index (χ2n) is 10.3. The van der Waals surface area contributed by atoms with E-state index >= 15 is 0 Å². The van der Waals surface area contributed by atoms with Crippen molar-refractivity contribution in [3.63, 3.8) is 0 Å². The summed E-state index contributed by atoms with van der Waals surface area (Å²) >= 11 is 0. The lowest BCUT2D eigenvalue weighted by Gasteiger charge is -2.34. The number of carbonyl (C=O) groups is 2. The Morgan fingerprint density at radius 1 is 1.03 bits per heavy atom. The number of primary amides is 1. The molecule has 4 N–H and O–H groups in total. The Bertz CT molecular complexity index is 940. The van der Waals surface area contributed by atoms with Crippen molar-refractivity contribution in [2.75, 3.05) is 5.32 Å². The van der Waals surface area contributed by atoms with Crippen molar-refractivity contribution in [2.45, 2.75) is 70.8 Å². The molecular weight excluding hydrogens is 398 g/mol. The molecule has 0 spiro atoms. The van der Waals surface area contributed by atoms with Gasteiger partial charge in [0.25, 0.3) is 0 Å². The molecule has 1 saturated carbocycles. The van der Waals surface area contributed by atoms with Gasteiger partial charge >= 0.3 is 0 Å². The van der Waals surface area contributed by atoms with Crippen molar-refractivity contribution in [1.29, 1.82) is 0 Å². The van der Waals surface area contributed by atoms with Gasteiger partial charge < -0.3 is 16.4 Å². The number of hydrogen-bond donors (Lipinski definition) is 3. The Labute approximate surface area is 191 Å². The highest BCUT2D eigenvalue weighted by Gasteiger charge is 2.35. The molecule has 2 aliphatic rings. The standard InChI is InChI=1S/C27H35N3O2/c1-27(2)15-13-20(14-16-27)19-6-10-22(11-7-19)29-21-8-3-18(4-9-21)5-12-24-23(26(28)32)17-25(31)30-24/h3-4,6-11,20,23-24,29H,5,12-17H2,1-2H3,(H2,28,32)(H,30,31). The van der Waals surface area contributed by atoms with E-state index < -0.39 is 11.8 Å². The maximum Gasteiger partial charge on any atom is 0.223 e. The van der Waals surface area contributed by atoms with Crippen LogP contribution in [0.5, 0.6) is 0 Å². The van der Waals surface area contributed by atoms with Crippen LogP contribution in [0.1, 0.15) is 69.4 Å². The predicted octanol–water partition coefficient (Wildman–Crippen LogP) is 5.04. The molecule has 2 aromatic carbocycles. The van der Waals surface area contributed by atoms with Gasteiger partial charge in [0.05, 0.1) is 5.92 Å². The van der Waals surface area contributed by atoms with Crippen molar-refractivity contribution < 1.29 is 9.59 Å². The summed E-state index contributed by atoms with van der Waals surface area (Å²) < 4.78 is 0. The molecule has 1 aliphatic heterocycles.